The van der Waals surface area contributed by atoms with Crippen molar-refractivity contribution < 1.29 is 13.2 Å². The number of benzene rings is 1. The number of para-hydroxylation sites is 2. The molecule has 1 saturated heterocycles. The van der Waals surface area contributed by atoms with Gasteiger partial charge in [0.1, 0.15) is 5.75 Å². The maximum absolute atomic E-state index is 11.6. The van der Waals surface area contributed by atoms with Crippen LogP contribution in [0.15, 0.2) is 30.5 Å². The Balaban J connectivity index is 1.79. The van der Waals surface area contributed by atoms with Crippen molar-refractivity contribution in [2.45, 2.75) is 12.5 Å². The fourth-order valence-electron chi connectivity index (χ4n) is 2.63. The van der Waals surface area contributed by atoms with Crippen molar-refractivity contribution >= 4 is 27.3 Å². The van der Waals surface area contributed by atoms with Crippen LogP contribution in [0, 0.1) is 0 Å². The van der Waals surface area contributed by atoms with Crippen molar-refractivity contribution in [1.29, 1.82) is 0 Å². The van der Waals surface area contributed by atoms with Gasteiger partial charge in [-0.3, -0.25) is 0 Å². The number of ether oxygens (including phenoxy) is 1. The first-order valence-electron chi connectivity index (χ1n) is 7.51. The number of nitrogens with one attached hydrogen (secondary N) is 1. The maximum Gasteiger partial charge on any atom is 0.247 e. The van der Waals surface area contributed by atoms with E-state index in [1.807, 2.05) is 24.3 Å². The van der Waals surface area contributed by atoms with Crippen molar-refractivity contribution in [1.82, 2.24) is 15.2 Å². The van der Waals surface area contributed by atoms with Gasteiger partial charge in [-0.05, 0) is 18.6 Å². The molecule has 1 aliphatic heterocycles. The molecule has 0 saturated carbocycles. The van der Waals surface area contributed by atoms with Gasteiger partial charge >= 0.3 is 0 Å². The molecule has 1 aromatic carbocycles. The van der Waals surface area contributed by atoms with E-state index in [1.165, 1.54) is 6.20 Å². The van der Waals surface area contributed by atoms with E-state index in [2.05, 4.69) is 20.5 Å². The predicted molar refractivity (Wildman–Crippen MR) is 91.6 cm³/mol. The van der Waals surface area contributed by atoms with Gasteiger partial charge in [-0.1, -0.05) is 12.1 Å². The second kappa shape index (κ2) is 6.60. The first kappa shape index (κ1) is 16.4. The lowest BCUT2D eigenvalue weighted by Gasteiger charge is -2.23. The largest absolute Gasteiger partial charge is 0.495 e. The van der Waals surface area contributed by atoms with Gasteiger partial charge in [-0.15, -0.1) is 5.10 Å². The van der Waals surface area contributed by atoms with E-state index < -0.39 is 9.84 Å². The van der Waals surface area contributed by atoms with E-state index in [1.54, 1.807) is 19.1 Å². The summed E-state index contributed by atoms with van der Waals surface area (Å²) in [5.74, 6) is 1.91. The molecule has 1 aliphatic rings. The van der Waals surface area contributed by atoms with Gasteiger partial charge in [0.2, 0.25) is 5.95 Å². The smallest absolute Gasteiger partial charge is 0.247 e. The number of rotatable bonds is 5. The summed E-state index contributed by atoms with van der Waals surface area (Å²) in [6.45, 7) is 0. The Morgan fingerprint density at radius 2 is 2.12 bits per heavy atom. The van der Waals surface area contributed by atoms with Crippen LogP contribution in [-0.2, 0) is 9.84 Å². The Hall–Kier alpha value is -2.42. The lowest BCUT2D eigenvalue weighted by atomic mass is 10.2. The average molecular weight is 349 g/mol. The maximum atomic E-state index is 11.6. The van der Waals surface area contributed by atoms with Crippen LogP contribution in [0.3, 0.4) is 0 Å². The topological polar surface area (TPSA) is 97.3 Å². The summed E-state index contributed by atoms with van der Waals surface area (Å²) in [4.78, 5) is 6.20. The Kier molecular flexibility index (Phi) is 4.52. The first-order chi connectivity index (χ1) is 11.5. The zero-order chi connectivity index (χ0) is 17.2. The van der Waals surface area contributed by atoms with Gasteiger partial charge in [0.25, 0.3) is 0 Å². The number of nitrogens with zero attached hydrogens (tertiary/aromatic N) is 4. The molecule has 1 atom stereocenters. The zero-order valence-electron chi connectivity index (χ0n) is 13.5. The van der Waals surface area contributed by atoms with Gasteiger partial charge in [-0.25, -0.2) is 8.42 Å². The molecule has 1 aromatic heterocycles. The van der Waals surface area contributed by atoms with Gasteiger partial charge in [0.05, 0.1) is 30.5 Å². The molecular formula is C15H19N5O3S. The molecule has 0 radical (unpaired) electrons. The van der Waals surface area contributed by atoms with E-state index in [4.69, 9.17) is 4.74 Å². The molecule has 1 fully saturated rings. The molecule has 3 rings (SSSR count). The van der Waals surface area contributed by atoms with Gasteiger partial charge < -0.3 is 15.0 Å². The molecular weight excluding hydrogens is 330 g/mol. The second-order valence-corrected chi connectivity index (χ2v) is 7.86. The Bertz CT molecular complexity index is 827. The lowest BCUT2D eigenvalue weighted by molar-refractivity contribution is 0.417. The third-order valence-corrected chi connectivity index (χ3v) is 5.74. The highest BCUT2D eigenvalue weighted by Gasteiger charge is 2.32. The summed E-state index contributed by atoms with van der Waals surface area (Å²) in [7, 11) is 0.417. The number of hydrogen-bond acceptors (Lipinski definition) is 8. The fourth-order valence-corrected chi connectivity index (χ4v) is 4.41. The molecule has 0 bridgehead atoms. The molecule has 2 heterocycles. The van der Waals surface area contributed by atoms with Crippen molar-refractivity contribution in [3.05, 3.63) is 30.5 Å². The minimum absolute atomic E-state index is 0.122. The van der Waals surface area contributed by atoms with Crippen LogP contribution in [0.1, 0.15) is 6.42 Å². The third-order valence-electron chi connectivity index (χ3n) is 3.99. The van der Waals surface area contributed by atoms with Crippen LogP contribution in [0.4, 0.5) is 17.5 Å². The Labute approximate surface area is 140 Å². The first-order valence-corrected chi connectivity index (χ1v) is 9.33. The van der Waals surface area contributed by atoms with Crippen LogP contribution >= 0.6 is 0 Å². The normalized spacial score (nSPS) is 19.0. The molecule has 0 aliphatic carbocycles. The molecule has 0 spiro atoms. The highest BCUT2D eigenvalue weighted by atomic mass is 32.2. The van der Waals surface area contributed by atoms with Crippen molar-refractivity contribution in [3.8, 4) is 5.75 Å². The summed E-state index contributed by atoms with van der Waals surface area (Å²) >= 11 is 0. The number of aromatic nitrogens is 3. The highest BCUT2D eigenvalue weighted by Crippen LogP contribution is 2.26. The minimum Gasteiger partial charge on any atom is -0.495 e. The van der Waals surface area contributed by atoms with E-state index in [0.717, 1.165) is 5.69 Å². The van der Waals surface area contributed by atoms with Crippen LogP contribution in [0.5, 0.6) is 5.75 Å². The lowest BCUT2D eigenvalue weighted by Crippen LogP contribution is -2.34. The molecule has 1 N–H and O–H groups in total. The van der Waals surface area contributed by atoms with E-state index in [-0.39, 0.29) is 17.5 Å². The van der Waals surface area contributed by atoms with Gasteiger partial charge in [-0.2, -0.15) is 10.1 Å². The standard InChI is InChI=1S/C15H19N5O3S/c1-20(11-7-8-24(21,22)10-11)15-18-14(9-16-19-15)17-12-5-3-4-6-13(12)23-2/h3-6,9,11H,7-8,10H2,1-2H3,(H,17,18,19). The summed E-state index contributed by atoms with van der Waals surface area (Å²) in [5.41, 5.74) is 0.762. The SMILES string of the molecule is COc1ccccc1Nc1cnnc(N(C)C2CCS(=O)(=O)C2)n1. The quantitative estimate of drug-likeness (QED) is 0.861. The monoisotopic (exact) mass is 349 g/mol. The minimum atomic E-state index is -2.97. The van der Waals surface area contributed by atoms with Crippen molar-refractivity contribution in [3.63, 3.8) is 0 Å². The number of methoxy groups -OCH3 is 1. The molecule has 2 aromatic rings. The van der Waals surface area contributed by atoms with Crippen LogP contribution < -0.4 is 15.0 Å². The van der Waals surface area contributed by atoms with E-state index in [0.29, 0.717) is 23.9 Å². The van der Waals surface area contributed by atoms with Crippen LogP contribution in [0.2, 0.25) is 0 Å². The molecule has 128 valence electrons. The average Bonchev–Trinajstić information content (AvgIpc) is 2.95. The van der Waals surface area contributed by atoms with Gasteiger partial charge in [0, 0.05) is 13.1 Å². The highest BCUT2D eigenvalue weighted by molar-refractivity contribution is 7.91. The Morgan fingerprint density at radius 3 is 2.83 bits per heavy atom. The van der Waals surface area contributed by atoms with E-state index >= 15 is 0 Å². The summed E-state index contributed by atoms with van der Waals surface area (Å²) in [6, 6.07) is 7.34. The molecule has 1 unspecified atom stereocenters. The number of hydrogen-bond donors (Lipinski definition) is 1. The Morgan fingerprint density at radius 1 is 1.33 bits per heavy atom. The number of sulfone groups is 1. The van der Waals surface area contributed by atoms with Crippen molar-refractivity contribution in [2.24, 2.45) is 0 Å². The summed E-state index contributed by atoms with van der Waals surface area (Å²) in [6.07, 6.45) is 2.08. The summed E-state index contributed by atoms with van der Waals surface area (Å²) < 4.78 is 28.6. The van der Waals surface area contributed by atoms with Crippen LogP contribution in [0.25, 0.3) is 0 Å². The second-order valence-electron chi connectivity index (χ2n) is 5.63. The molecule has 8 nitrogen and oxygen atoms in total. The molecule has 0 amide bonds. The predicted octanol–water partition coefficient (Wildman–Crippen LogP) is 1.25. The van der Waals surface area contributed by atoms with Crippen molar-refractivity contribution in [2.75, 3.05) is 35.9 Å². The van der Waals surface area contributed by atoms with E-state index in [9.17, 15) is 8.42 Å². The van der Waals surface area contributed by atoms with Crippen LogP contribution in [-0.4, -0.2) is 55.3 Å². The molecule has 9 heteroatoms. The third kappa shape index (κ3) is 3.56. The zero-order valence-corrected chi connectivity index (χ0v) is 14.3. The fraction of sp³-hybridized carbons (Fsp3) is 0.400. The summed E-state index contributed by atoms with van der Waals surface area (Å²) in [5, 5.41) is 11.1. The molecule has 24 heavy (non-hydrogen) atoms. The number of anilines is 3. The van der Waals surface area contributed by atoms with Gasteiger partial charge in [0.15, 0.2) is 15.7 Å².